The molecule has 2 atom stereocenters. The molecule has 0 saturated carbocycles. The summed E-state index contributed by atoms with van der Waals surface area (Å²) >= 11 is 5.75. The summed E-state index contributed by atoms with van der Waals surface area (Å²) in [4.78, 5) is 1.43. The highest BCUT2D eigenvalue weighted by molar-refractivity contribution is 6.30. The molecule has 2 nitrogen and oxygen atoms in total. The molecule has 2 N–H and O–H groups in total. The number of piperidine rings is 1. The molecular weight excluding hydrogens is 355 g/mol. The van der Waals surface area contributed by atoms with E-state index in [1.807, 2.05) is 0 Å². The lowest BCUT2D eigenvalue weighted by molar-refractivity contribution is -0.182. The summed E-state index contributed by atoms with van der Waals surface area (Å²) in [6.07, 6.45) is -3.05. The quantitative estimate of drug-likeness (QED) is 0.785. The van der Waals surface area contributed by atoms with Crippen molar-refractivity contribution in [3.05, 3.63) is 34.6 Å². The van der Waals surface area contributed by atoms with Gasteiger partial charge in [0.1, 0.15) is 11.9 Å². The summed E-state index contributed by atoms with van der Waals surface area (Å²) in [5, 5.41) is 0.0103. The van der Waals surface area contributed by atoms with Gasteiger partial charge in [-0.1, -0.05) is 17.7 Å². The van der Waals surface area contributed by atoms with Gasteiger partial charge in [-0.25, -0.2) is 4.39 Å². The second-order valence-corrected chi connectivity index (χ2v) is 6.20. The minimum absolute atomic E-state index is 0. The van der Waals surface area contributed by atoms with E-state index in [-0.39, 0.29) is 29.4 Å². The first-order valence-electron chi connectivity index (χ1n) is 7.21. The minimum atomic E-state index is -4.21. The average Bonchev–Trinajstić information content (AvgIpc) is 2.48. The van der Waals surface area contributed by atoms with Crippen LogP contribution in [0, 0.1) is 11.7 Å². The Bertz CT molecular complexity index is 517. The lowest BCUT2D eigenvalue weighted by atomic mass is 9.85. The van der Waals surface area contributed by atoms with E-state index in [2.05, 4.69) is 0 Å². The van der Waals surface area contributed by atoms with Crippen LogP contribution in [0.4, 0.5) is 17.6 Å². The fourth-order valence-corrected chi connectivity index (χ4v) is 3.05. The Labute approximate surface area is 144 Å². The van der Waals surface area contributed by atoms with Crippen LogP contribution in [-0.4, -0.2) is 30.2 Å². The molecule has 1 aromatic rings. The van der Waals surface area contributed by atoms with Crippen LogP contribution in [0.3, 0.4) is 0 Å². The smallest absolute Gasteiger partial charge is 0.324 e. The van der Waals surface area contributed by atoms with Gasteiger partial charge in [-0.15, -0.1) is 12.4 Å². The average molecular weight is 375 g/mol. The van der Waals surface area contributed by atoms with Crippen LogP contribution in [0.2, 0.25) is 5.02 Å². The van der Waals surface area contributed by atoms with Gasteiger partial charge >= 0.3 is 6.18 Å². The summed E-state index contributed by atoms with van der Waals surface area (Å²) < 4.78 is 51.3. The van der Waals surface area contributed by atoms with Crippen LogP contribution < -0.4 is 5.73 Å². The van der Waals surface area contributed by atoms with Crippen molar-refractivity contribution in [3.63, 3.8) is 0 Å². The first-order valence-corrected chi connectivity index (χ1v) is 7.59. The fraction of sp³-hybridized carbons (Fsp3) is 0.600. The van der Waals surface area contributed by atoms with Crippen molar-refractivity contribution in [3.8, 4) is 0 Å². The lowest BCUT2D eigenvalue weighted by Crippen LogP contribution is -2.48. The van der Waals surface area contributed by atoms with E-state index in [0.29, 0.717) is 31.5 Å². The topological polar surface area (TPSA) is 29.3 Å². The van der Waals surface area contributed by atoms with Crippen LogP contribution in [0.25, 0.3) is 0 Å². The number of nitrogens with two attached hydrogens (primary N) is 1. The molecule has 0 bridgehead atoms. The molecule has 1 saturated heterocycles. The highest BCUT2D eigenvalue weighted by atomic mass is 35.5. The van der Waals surface area contributed by atoms with E-state index in [4.69, 9.17) is 17.3 Å². The molecule has 0 amide bonds. The lowest BCUT2D eigenvalue weighted by Gasteiger charge is -2.38. The van der Waals surface area contributed by atoms with Gasteiger partial charge < -0.3 is 5.73 Å². The Morgan fingerprint density at radius 2 is 1.83 bits per heavy atom. The second kappa shape index (κ2) is 8.01. The van der Waals surface area contributed by atoms with E-state index in [1.54, 1.807) is 6.07 Å². The van der Waals surface area contributed by atoms with Crippen molar-refractivity contribution in [2.45, 2.75) is 38.0 Å². The molecule has 8 heteroatoms. The summed E-state index contributed by atoms with van der Waals surface area (Å²) in [6, 6.07) is 2.55. The van der Waals surface area contributed by atoms with Crippen molar-refractivity contribution in [1.82, 2.24) is 4.90 Å². The van der Waals surface area contributed by atoms with Gasteiger partial charge in [0.25, 0.3) is 0 Å². The Morgan fingerprint density at radius 3 is 2.30 bits per heavy atom. The number of hydrogen-bond donors (Lipinski definition) is 1. The number of alkyl halides is 3. The Kier molecular flexibility index (Phi) is 7.13. The SMILES string of the molecule is CC(N1CCC(C(N)c2ccc(F)c(Cl)c2)CC1)C(F)(F)F.Cl. The maximum atomic E-state index is 13.2. The number of halogens is 6. The number of hydrogen-bond acceptors (Lipinski definition) is 2. The Balaban J connectivity index is 0.00000264. The Hall–Kier alpha value is -0.560. The predicted molar refractivity (Wildman–Crippen MR) is 85.4 cm³/mol. The summed E-state index contributed by atoms with van der Waals surface area (Å²) in [6.45, 7) is 1.89. The van der Waals surface area contributed by atoms with Crippen molar-refractivity contribution in [1.29, 1.82) is 0 Å². The molecule has 0 aliphatic carbocycles. The van der Waals surface area contributed by atoms with Crippen molar-refractivity contribution >= 4 is 24.0 Å². The molecule has 1 aromatic carbocycles. The molecule has 2 unspecified atom stereocenters. The van der Waals surface area contributed by atoms with Gasteiger partial charge in [0, 0.05) is 6.04 Å². The largest absolute Gasteiger partial charge is 0.403 e. The first kappa shape index (κ1) is 20.5. The highest BCUT2D eigenvalue weighted by Gasteiger charge is 2.41. The zero-order chi connectivity index (χ0) is 16.5. The third-order valence-corrected chi connectivity index (χ3v) is 4.72. The maximum Gasteiger partial charge on any atom is 0.403 e. The maximum absolute atomic E-state index is 13.2. The molecule has 132 valence electrons. The molecule has 1 aliphatic heterocycles. The van der Waals surface area contributed by atoms with Crippen molar-refractivity contribution in [2.24, 2.45) is 11.7 Å². The van der Waals surface area contributed by atoms with Crippen molar-refractivity contribution < 1.29 is 17.6 Å². The number of likely N-dealkylation sites (tertiary alicyclic amines) is 1. The first-order chi connectivity index (χ1) is 10.2. The minimum Gasteiger partial charge on any atom is -0.324 e. The molecule has 0 radical (unpaired) electrons. The van der Waals surface area contributed by atoms with Gasteiger partial charge in [-0.3, -0.25) is 4.90 Å². The molecule has 1 aliphatic rings. The van der Waals surface area contributed by atoms with Crippen molar-refractivity contribution in [2.75, 3.05) is 13.1 Å². The number of rotatable bonds is 3. The molecule has 2 rings (SSSR count). The monoisotopic (exact) mass is 374 g/mol. The highest BCUT2D eigenvalue weighted by Crippen LogP contribution is 2.33. The van der Waals surface area contributed by atoms with E-state index in [1.165, 1.54) is 24.0 Å². The van der Waals surface area contributed by atoms with Gasteiger partial charge in [0.05, 0.1) is 5.02 Å². The summed E-state index contributed by atoms with van der Waals surface area (Å²) in [5.41, 5.74) is 6.89. The normalized spacial score (nSPS) is 20.0. The van der Waals surface area contributed by atoms with E-state index >= 15 is 0 Å². The fourth-order valence-electron chi connectivity index (χ4n) is 2.86. The van der Waals surface area contributed by atoms with Crippen LogP contribution in [-0.2, 0) is 0 Å². The molecule has 0 aromatic heterocycles. The van der Waals surface area contributed by atoms with E-state index in [0.717, 1.165) is 0 Å². The molecular formula is C15H20Cl2F4N2. The third kappa shape index (κ3) is 4.95. The van der Waals surface area contributed by atoms with Crippen LogP contribution in [0.1, 0.15) is 31.4 Å². The van der Waals surface area contributed by atoms with E-state index < -0.39 is 18.0 Å². The van der Waals surface area contributed by atoms with Gasteiger partial charge in [0.15, 0.2) is 0 Å². The van der Waals surface area contributed by atoms with Crippen LogP contribution >= 0.6 is 24.0 Å². The zero-order valence-electron chi connectivity index (χ0n) is 12.6. The zero-order valence-corrected chi connectivity index (χ0v) is 14.2. The predicted octanol–water partition coefficient (Wildman–Crippen LogP) is 4.56. The van der Waals surface area contributed by atoms with Crippen LogP contribution in [0.5, 0.6) is 0 Å². The molecule has 0 spiro atoms. The van der Waals surface area contributed by atoms with Crippen LogP contribution in [0.15, 0.2) is 18.2 Å². The standard InChI is InChI=1S/C15H19ClF4N2.ClH/c1-9(15(18,19)20)22-6-4-10(5-7-22)14(21)11-2-3-13(17)12(16)8-11;/h2-3,8-10,14H,4-7,21H2,1H3;1H. The number of benzene rings is 1. The second-order valence-electron chi connectivity index (χ2n) is 5.79. The van der Waals surface area contributed by atoms with E-state index in [9.17, 15) is 17.6 Å². The van der Waals surface area contributed by atoms with Gasteiger partial charge in [0.2, 0.25) is 0 Å². The molecule has 23 heavy (non-hydrogen) atoms. The van der Waals surface area contributed by atoms with Gasteiger partial charge in [-0.05, 0) is 56.5 Å². The Morgan fingerprint density at radius 1 is 1.26 bits per heavy atom. The molecule has 1 fully saturated rings. The summed E-state index contributed by atoms with van der Waals surface area (Å²) in [5.74, 6) is -0.440. The summed E-state index contributed by atoms with van der Waals surface area (Å²) in [7, 11) is 0. The number of nitrogens with zero attached hydrogens (tertiary/aromatic N) is 1. The molecule has 1 heterocycles. The van der Waals surface area contributed by atoms with Gasteiger partial charge in [-0.2, -0.15) is 13.2 Å². The third-order valence-electron chi connectivity index (χ3n) is 4.43.